The van der Waals surface area contributed by atoms with E-state index in [4.69, 9.17) is 0 Å². The van der Waals surface area contributed by atoms with Crippen molar-refractivity contribution >= 4 is 36.6 Å². The van der Waals surface area contributed by atoms with Crippen LogP contribution in [0.1, 0.15) is 16.4 Å². The van der Waals surface area contributed by atoms with E-state index in [1.807, 2.05) is 36.4 Å². The molecule has 0 saturated carbocycles. The van der Waals surface area contributed by atoms with Gasteiger partial charge in [-0.3, -0.25) is 0 Å². The average Bonchev–Trinajstić information content (AvgIpc) is 2.30. The largest absolute Gasteiger partial charge is 0.166 e. The van der Waals surface area contributed by atoms with Gasteiger partial charge in [0.05, 0.1) is 5.25 Å². The molecule has 2 aromatic rings. The fourth-order valence-corrected chi connectivity index (χ4v) is 1.81. The molecule has 0 aliphatic carbocycles. The van der Waals surface area contributed by atoms with E-state index in [1.54, 1.807) is 0 Å². The fourth-order valence-electron chi connectivity index (χ4n) is 1.46. The maximum atomic E-state index is 4.61. The molecule has 0 aromatic heterocycles. The molecule has 2 aromatic carbocycles. The molecule has 0 amide bonds. The minimum Gasteiger partial charge on any atom is -0.166 e. The van der Waals surface area contributed by atoms with Crippen LogP contribution < -0.4 is 0 Å². The van der Waals surface area contributed by atoms with E-state index in [0.29, 0.717) is 0 Å². The average molecular weight is 328 g/mol. The zero-order valence-electron chi connectivity index (χ0n) is 8.21. The van der Waals surface area contributed by atoms with Crippen LogP contribution in [0.15, 0.2) is 60.7 Å². The van der Waals surface area contributed by atoms with Crippen LogP contribution in [-0.2, 0) is 0 Å². The Morgan fingerprint density at radius 1 is 0.667 bits per heavy atom. The molecular weight excluding hydrogens is 315 g/mol. The Morgan fingerprint density at radius 3 is 1.33 bits per heavy atom. The van der Waals surface area contributed by atoms with Crippen LogP contribution in [0.25, 0.3) is 0 Å². The SMILES string of the molecule is I.SC(c1ccccc1)c1ccccc1. The smallest absolute Gasteiger partial charge is 0.0516 e. The van der Waals surface area contributed by atoms with Crippen LogP contribution in [-0.4, -0.2) is 0 Å². The topological polar surface area (TPSA) is 0 Å². The maximum Gasteiger partial charge on any atom is 0.0516 e. The highest BCUT2D eigenvalue weighted by molar-refractivity contribution is 14.0. The summed E-state index contributed by atoms with van der Waals surface area (Å²) in [6, 6.07) is 20.6. The molecule has 0 heterocycles. The van der Waals surface area contributed by atoms with Gasteiger partial charge in [0.1, 0.15) is 0 Å². The maximum absolute atomic E-state index is 4.61. The van der Waals surface area contributed by atoms with E-state index in [0.717, 1.165) is 0 Å². The third-order valence-electron chi connectivity index (χ3n) is 2.23. The van der Waals surface area contributed by atoms with Gasteiger partial charge in [0.2, 0.25) is 0 Å². The first-order chi connectivity index (χ1) is 6.88. The minimum absolute atomic E-state index is 0. The number of halogens is 1. The molecule has 0 fully saturated rings. The molecule has 2 heteroatoms. The van der Waals surface area contributed by atoms with Crippen molar-refractivity contribution in [2.45, 2.75) is 5.25 Å². The van der Waals surface area contributed by atoms with Gasteiger partial charge in [-0.2, -0.15) is 12.6 Å². The van der Waals surface area contributed by atoms with Crippen molar-refractivity contribution in [1.82, 2.24) is 0 Å². The van der Waals surface area contributed by atoms with Crippen LogP contribution in [0.5, 0.6) is 0 Å². The second-order valence-electron chi connectivity index (χ2n) is 3.22. The molecule has 15 heavy (non-hydrogen) atoms. The van der Waals surface area contributed by atoms with Gasteiger partial charge >= 0.3 is 0 Å². The van der Waals surface area contributed by atoms with E-state index in [1.165, 1.54) is 11.1 Å². The molecule has 0 radical (unpaired) electrons. The molecule has 0 atom stereocenters. The normalized spacial score (nSPS) is 9.73. The van der Waals surface area contributed by atoms with Gasteiger partial charge in [0, 0.05) is 0 Å². The van der Waals surface area contributed by atoms with E-state index in [9.17, 15) is 0 Å². The third kappa shape index (κ3) is 3.24. The summed E-state index contributed by atoms with van der Waals surface area (Å²) < 4.78 is 0. The first-order valence-corrected chi connectivity index (χ1v) is 5.17. The number of rotatable bonds is 2. The van der Waals surface area contributed by atoms with Gasteiger partial charge in [-0.05, 0) is 11.1 Å². The van der Waals surface area contributed by atoms with E-state index >= 15 is 0 Å². The van der Waals surface area contributed by atoms with Crippen molar-refractivity contribution in [1.29, 1.82) is 0 Å². The predicted octanol–water partition coefficient (Wildman–Crippen LogP) is 4.32. The Bertz CT molecular complexity index is 346. The quantitative estimate of drug-likeness (QED) is 0.616. The molecule has 0 unspecified atom stereocenters. The Morgan fingerprint density at radius 2 is 1.00 bits per heavy atom. The van der Waals surface area contributed by atoms with Gasteiger partial charge in [-0.1, -0.05) is 60.7 Å². The van der Waals surface area contributed by atoms with Crippen LogP contribution in [0, 0.1) is 0 Å². The Hall–Kier alpha value is -0.480. The van der Waals surface area contributed by atoms with Gasteiger partial charge in [0.25, 0.3) is 0 Å². The molecule has 0 saturated heterocycles. The van der Waals surface area contributed by atoms with Crippen LogP contribution in [0.2, 0.25) is 0 Å². The van der Waals surface area contributed by atoms with Crippen LogP contribution in [0.3, 0.4) is 0 Å². The van der Waals surface area contributed by atoms with E-state index in [2.05, 4.69) is 36.9 Å². The zero-order chi connectivity index (χ0) is 9.80. The van der Waals surface area contributed by atoms with E-state index in [-0.39, 0.29) is 29.2 Å². The van der Waals surface area contributed by atoms with Crippen LogP contribution >= 0.6 is 36.6 Å². The first-order valence-electron chi connectivity index (χ1n) is 4.66. The number of benzene rings is 2. The van der Waals surface area contributed by atoms with Crippen molar-refractivity contribution in [2.75, 3.05) is 0 Å². The standard InChI is InChI=1S/C13H12S.HI/c14-13(11-7-3-1-4-8-11)12-9-5-2-6-10-12;/h1-10,13-14H;1H. The monoisotopic (exact) mass is 328 g/mol. The Labute approximate surface area is 113 Å². The van der Waals surface area contributed by atoms with Gasteiger partial charge in [-0.15, -0.1) is 24.0 Å². The molecule has 0 nitrogen and oxygen atoms in total. The molecule has 0 spiro atoms. The lowest BCUT2D eigenvalue weighted by Crippen LogP contribution is -1.91. The summed E-state index contributed by atoms with van der Waals surface area (Å²) in [5, 5.41) is 0.178. The lowest BCUT2D eigenvalue weighted by Gasteiger charge is -2.10. The van der Waals surface area contributed by atoms with Gasteiger partial charge in [-0.25, -0.2) is 0 Å². The van der Waals surface area contributed by atoms with Gasteiger partial charge < -0.3 is 0 Å². The van der Waals surface area contributed by atoms with Crippen molar-refractivity contribution < 1.29 is 0 Å². The summed E-state index contributed by atoms with van der Waals surface area (Å²) in [7, 11) is 0. The van der Waals surface area contributed by atoms with Crippen molar-refractivity contribution in [3.8, 4) is 0 Å². The molecule has 0 bridgehead atoms. The summed E-state index contributed by atoms with van der Waals surface area (Å²) >= 11 is 4.61. The Kier molecular flexibility index (Phi) is 5.19. The lowest BCUT2D eigenvalue weighted by molar-refractivity contribution is 1.17. The molecule has 78 valence electrons. The Balaban J connectivity index is 0.00000112. The lowest BCUT2D eigenvalue weighted by atomic mass is 10.0. The molecule has 2 rings (SSSR count). The highest BCUT2D eigenvalue weighted by atomic mass is 127. The second-order valence-corrected chi connectivity index (χ2v) is 3.74. The van der Waals surface area contributed by atoms with Gasteiger partial charge in [0.15, 0.2) is 0 Å². The van der Waals surface area contributed by atoms with Crippen molar-refractivity contribution in [2.24, 2.45) is 0 Å². The zero-order valence-corrected chi connectivity index (χ0v) is 11.4. The van der Waals surface area contributed by atoms with Crippen molar-refractivity contribution in [3.05, 3.63) is 71.8 Å². The number of hydrogen-bond acceptors (Lipinski definition) is 1. The molecule has 0 N–H and O–H groups in total. The second kappa shape index (κ2) is 6.18. The summed E-state index contributed by atoms with van der Waals surface area (Å²) in [5.41, 5.74) is 2.48. The third-order valence-corrected chi connectivity index (χ3v) is 2.83. The highest BCUT2D eigenvalue weighted by Gasteiger charge is 2.06. The predicted molar refractivity (Wildman–Crippen MR) is 79.1 cm³/mol. The molecular formula is C13H13IS. The van der Waals surface area contributed by atoms with E-state index < -0.39 is 0 Å². The fraction of sp³-hybridized carbons (Fsp3) is 0.0769. The highest BCUT2D eigenvalue weighted by Crippen LogP contribution is 2.27. The summed E-state index contributed by atoms with van der Waals surface area (Å²) in [4.78, 5) is 0. The first kappa shape index (κ1) is 12.6. The molecule has 0 aliphatic rings. The minimum atomic E-state index is 0. The number of thiol groups is 1. The van der Waals surface area contributed by atoms with Crippen LogP contribution in [0.4, 0.5) is 0 Å². The van der Waals surface area contributed by atoms with Crippen molar-refractivity contribution in [3.63, 3.8) is 0 Å². The molecule has 0 aliphatic heterocycles. The summed E-state index contributed by atoms with van der Waals surface area (Å²) in [5.74, 6) is 0. The number of hydrogen-bond donors (Lipinski definition) is 1. The summed E-state index contributed by atoms with van der Waals surface area (Å²) in [6.07, 6.45) is 0. The summed E-state index contributed by atoms with van der Waals surface area (Å²) in [6.45, 7) is 0.